The zero-order valence-electron chi connectivity index (χ0n) is 6.63. The summed E-state index contributed by atoms with van der Waals surface area (Å²) in [5, 5.41) is 0. The molecule has 0 aliphatic carbocycles. The van der Waals surface area contributed by atoms with Crippen LogP contribution in [0.1, 0.15) is 12.8 Å². The number of hydrogen-bond donors (Lipinski definition) is 0. The van der Waals surface area contributed by atoms with Crippen LogP contribution in [0, 0.1) is 7.43 Å². The molecule has 3 heteroatoms. The van der Waals surface area contributed by atoms with Gasteiger partial charge in [-0.1, -0.05) is 0 Å². The van der Waals surface area contributed by atoms with E-state index in [1.54, 1.807) is 7.11 Å². The zero-order chi connectivity index (χ0) is 5.82. The molecule has 10 heavy (non-hydrogen) atoms. The van der Waals surface area contributed by atoms with Gasteiger partial charge in [0, 0.05) is 41.4 Å². The van der Waals surface area contributed by atoms with Gasteiger partial charge >= 0.3 is 0 Å². The average molecular weight is 315 g/mol. The molecule has 1 fully saturated rings. The van der Waals surface area contributed by atoms with Crippen LogP contribution in [0.5, 0.6) is 0 Å². The molecule has 1 rings (SSSR count). The van der Waals surface area contributed by atoms with Crippen molar-refractivity contribution in [1.82, 2.24) is 0 Å². The molecule has 1 saturated heterocycles. The fraction of sp³-hybridized carbons (Fsp3) is 0.857. The topological polar surface area (TPSA) is 18.5 Å². The minimum absolute atomic E-state index is 0. The molecule has 0 bridgehead atoms. The van der Waals surface area contributed by atoms with Crippen molar-refractivity contribution >= 4 is 0 Å². The van der Waals surface area contributed by atoms with Gasteiger partial charge in [0.1, 0.15) is 0 Å². The second kappa shape index (κ2) is 7.71. The van der Waals surface area contributed by atoms with Crippen molar-refractivity contribution in [3.8, 4) is 0 Å². The van der Waals surface area contributed by atoms with Gasteiger partial charge < -0.3 is 16.9 Å². The molecule has 2 nitrogen and oxygen atoms in total. The van der Waals surface area contributed by atoms with Gasteiger partial charge in [-0.15, -0.1) is 0 Å². The summed E-state index contributed by atoms with van der Waals surface area (Å²) in [7, 11) is 1.76. The molecular formula is C7H15O2W-. The van der Waals surface area contributed by atoms with E-state index in [4.69, 9.17) is 9.47 Å². The van der Waals surface area contributed by atoms with Crippen LogP contribution in [0.15, 0.2) is 0 Å². The van der Waals surface area contributed by atoms with Crippen LogP contribution in [-0.2, 0) is 30.5 Å². The summed E-state index contributed by atoms with van der Waals surface area (Å²) < 4.78 is 10.2. The Bertz CT molecular complexity index is 62.6. The van der Waals surface area contributed by atoms with Gasteiger partial charge in [-0.05, 0) is 12.8 Å². The Kier molecular flexibility index (Phi) is 10.2. The predicted octanol–water partition coefficient (Wildman–Crippen LogP) is 1.26. The molecule has 0 unspecified atom stereocenters. The third-order valence-electron chi connectivity index (χ3n) is 1.50. The summed E-state index contributed by atoms with van der Waals surface area (Å²) in [6.07, 6.45) is 2.59. The summed E-state index contributed by atoms with van der Waals surface area (Å²) in [5.74, 6) is 0. The van der Waals surface area contributed by atoms with Gasteiger partial charge in [-0.3, -0.25) is 0 Å². The Morgan fingerprint density at radius 2 is 1.80 bits per heavy atom. The van der Waals surface area contributed by atoms with E-state index in [0.717, 1.165) is 26.1 Å². The maximum Gasteiger partial charge on any atom is 0.0615 e. The second-order valence-corrected chi connectivity index (χ2v) is 2.05. The molecule has 1 aliphatic heterocycles. The van der Waals surface area contributed by atoms with E-state index in [1.165, 1.54) is 0 Å². The first-order valence-corrected chi connectivity index (χ1v) is 3.04. The molecule has 0 aromatic carbocycles. The Labute approximate surface area is 77.5 Å². The summed E-state index contributed by atoms with van der Waals surface area (Å²) in [5.41, 5.74) is 0. The van der Waals surface area contributed by atoms with Crippen LogP contribution >= 0.6 is 0 Å². The molecule has 0 aromatic heterocycles. The first-order valence-electron chi connectivity index (χ1n) is 3.04. The quantitative estimate of drug-likeness (QED) is 0.678. The van der Waals surface area contributed by atoms with Crippen LogP contribution in [0.3, 0.4) is 0 Å². The van der Waals surface area contributed by atoms with E-state index in [0.29, 0.717) is 6.10 Å². The van der Waals surface area contributed by atoms with E-state index in [1.807, 2.05) is 0 Å². The molecule has 0 radical (unpaired) electrons. The second-order valence-electron chi connectivity index (χ2n) is 2.05. The van der Waals surface area contributed by atoms with Gasteiger partial charge in [0.05, 0.1) is 6.10 Å². The van der Waals surface area contributed by atoms with Gasteiger partial charge in [0.2, 0.25) is 0 Å². The van der Waals surface area contributed by atoms with Crippen molar-refractivity contribution < 1.29 is 30.5 Å². The standard InChI is InChI=1S/C6H12O2.CH3.W/c1-7-6-2-4-8-5-3-6;;/h6H,2-5H2,1H3;1H3;/q;-1;. The van der Waals surface area contributed by atoms with Crippen molar-refractivity contribution in [2.24, 2.45) is 0 Å². The Hall–Kier alpha value is 0.608. The van der Waals surface area contributed by atoms with E-state index in [-0.39, 0.29) is 28.5 Å². The summed E-state index contributed by atoms with van der Waals surface area (Å²) >= 11 is 0. The Morgan fingerprint density at radius 1 is 1.30 bits per heavy atom. The van der Waals surface area contributed by atoms with Gasteiger partial charge in [0.15, 0.2) is 0 Å². The van der Waals surface area contributed by atoms with Crippen molar-refractivity contribution in [1.29, 1.82) is 0 Å². The summed E-state index contributed by atoms with van der Waals surface area (Å²) in [6, 6.07) is 0. The van der Waals surface area contributed by atoms with Crippen molar-refractivity contribution in [3.05, 3.63) is 7.43 Å². The first kappa shape index (κ1) is 13.2. The fourth-order valence-electron chi connectivity index (χ4n) is 0.912. The van der Waals surface area contributed by atoms with E-state index in [9.17, 15) is 0 Å². The smallest absolute Gasteiger partial charge is 0.0615 e. The van der Waals surface area contributed by atoms with Crippen LogP contribution in [0.25, 0.3) is 0 Å². The predicted molar refractivity (Wildman–Crippen MR) is 37.3 cm³/mol. The fourth-order valence-corrected chi connectivity index (χ4v) is 0.912. The van der Waals surface area contributed by atoms with Crippen molar-refractivity contribution in [2.75, 3.05) is 20.3 Å². The Balaban J connectivity index is 0. The van der Waals surface area contributed by atoms with Crippen LogP contribution in [0.4, 0.5) is 0 Å². The SMILES string of the molecule is COC1CCOCC1.[CH3-].[W]. The molecule has 0 spiro atoms. The van der Waals surface area contributed by atoms with Crippen LogP contribution < -0.4 is 0 Å². The number of rotatable bonds is 1. The monoisotopic (exact) mass is 315 g/mol. The summed E-state index contributed by atoms with van der Waals surface area (Å²) in [4.78, 5) is 0. The minimum atomic E-state index is 0. The molecule has 0 amide bonds. The number of hydrogen-bond acceptors (Lipinski definition) is 2. The van der Waals surface area contributed by atoms with E-state index < -0.39 is 0 Å². The van der Waals surface area contributed by atoms with Gasteiger partial charge in [0.25, 0.3) is 0 Å². The molecule has 1 heterocycles. The van der Waals surface area contributed by atoms with Crippen LogP contribution in [-0.4, -0.2) is 26.4 Å². The minimum Gasteiger partial charge on any atom is -0.381 e. The van der Waals surface area contributed by atoms with Crippen molar-refractivity contribution in [3.63, 3.8) is 0 Å². The molecule has 0 saturated carbocycles. The number of methoxy groups -OCH3 is 1. The molecule has 0 atom stereocenters. The molecule has 0 N–H and O–H groups in total. The molecule has 62 valence electrons. The van der Waals surface area contributed by atoms with Gasteiger partial charge in [-0.2, -0.15) is 0 Å². The molecular weight excluding hydrogens is 300 g/mol. The zero-order valence-corrected chi connectivity index (χ0v) is 9.56. The first-order chi connectivity index (χ1) is 3.93. The van der Waals surface area contributed by atoms with E-state index >= 15 is 0 Å². The van der Waals surface area contributed by atoms with Crippen molar-refractivity contribution in [2.45, 2.75) is 18.9 Å². The maximum absolute atomic E-state index is 5.12. The molecule has 0 aromatic rings. The Morgan fingerprint density at radius 3 is 2.10 bits per heavy atom. The maximum atomic E-state index is 5.12. The normalized spacial score (nSPS) is 18.9. The van der Waals surface area contributed by atoms with Gasteiger partial charge in [-0.25, -0.2) is 0 Å². The summed E-state index contributed by atoms with van der Waals surface area (Å²) in [6.45, 7) is 1.75. The number of ether oxygens (including phenoxy) is 2. The average Bonchev–Trinajstić information content (AvgIpc) is 1.90. The third-order valence-corrected chi connectivity index (χ3v) is 1.50. The third kappa shape index (κ3) is 4.43. The largest absolute Gasteiger partial charge is 0.381 e. The van der Waals surface area contributed by atoms with Crippen LogP contribution in [0.2, 0.25) is 0 Å². The molecule has 1 aliphatic rings. The van der Waals surface area contributed by atoms with E-state index in [2.05, 4.69) is 0 Å².